The molecular formula is C16H14ClFN2O4. The monoisotopic (exact) mass is 352 g/mol. The Kier molecular flexibility index (Phi) is 5.35. The lowest BCUT2D eigenvalue weighted by Gasteiger charge is -2.12. The summed E-state index contributed by atoms with van der Waals surface area (Å²) in [6, 6.07) is 6.44. The van der Waals surface area contributed by atoms with Crippen molar-refractivity contribution < 1.29 is 18.8 Å². The molecule has 0 radical (unpaired) electrons. The maximum Gasteiger partial charge on any atom is 0.293 e. The number of aryl methyl sites for hydroxylation is 1. The molecule has 0 aromatic heterocycles. The van der Waals surface area contributed by atoms with E-state index in [0.717, 1.165) is 17.7 Å². The lowest BCUT2D eigenvalue weighted by molar-refractivity contribution is -0.384. The fourth-order valence-electron chi connectivity index (χ4n) is 2.02. The molecule has 0 aliphatic rings. The number of anilines is 1. The normalized spacial score (nSPS) is 10.3. The van der Waals surface area contributed by atoms with Crippen LogP contribution in [-0.2, 0) is 4.79 Å². The number of nitrogens with one attached hydrogen (secondary N) is 1. The van der Waals surface area contributed by atoms with Gasteiger partial charge in [0, 0.05) is 6.07 Å². The number of ether oxygens (including phenoxy) is 1. The minimum absolute atomic E-state index is 0.0283. The van der Waals surface area contributed by atoms with Gasteiger partial charge in [-0.15, -0.1) is 0 Å². The second-order valence-electron chi connectivity index (χ2n) is 5.07. The molecule has 2 aromatic carbocycles. The highest BCUT2D eigenvalue weighted by Gasteiger charge is 2.19. The molecule has 0 bridgehead atoms. The Morgan fingerprint density at radius 1 is 1.33 bits per heavy atom. The van der Waals surface area contributed by atoms with E-state index < -0.39 is 23.3 Å². The third kappa shape index (κ3) is 3.99. The van der Waals surface area contributed by atoms with Gasteiger partial charge in [-0.3, -0.25) is 14.9 Å². The third-order valence-corrected chi connectivity index (χ3v) is 3.72. The first-order valence-electron chi connectivity index (χ1n) is 6.92. The Hall–Kier alpha value is -2.67. The second-order valence-corrected chi connectivity index (χ2v) is 5.48. The van der Waals surface area contributed by atoms with Crippen LogP contribution >= 0.6 is 11.6 Å². The van der Waals surface area contributed by atoms with E-state index in [9.17, 15) is 19.3 Å². The van der Waals surface area contributed by atoms with Crippen molar-refractivity contribution in [2.45, 2.75) is 13.8 Å². The predicted molar refractivity (Wildman–Crippen MR) is 88.1 cm³/mol. The quantitative estimate of drug-likeness (QED) is 0.650. The molecule has 6 nitrogen and oxygen atoms in total. The lowest BCUT2D eigenvalue weighted by atomic mass is 10.1. The fraction of sp³-hybridized carbons (Fsp3) is 0.188. The molecule has 0 heterocycles. The molecular weight excluding hydrogens is 339 g/mol. The van der Waals surface area contributed by atoms with Crippen molar-refractivity contribution in [2.24, 2.45) is 0 Å². The maximum atomic E-state index is 13.0. The zero-order valence-electron chi connectivity index (χ0n) is 12.9. The second kappa shape index (κ2) is 7.27. The third-order valence-electron chi connectivity index (χ3n) is 3.43. The molecule has 24 heavy (non-hydrogen) atoms. The average molecular weight is 353 g/mol. The molecule has 0 spiro atoms. The largest absolute Gasteiger partial charge is 0.482 e. The van der Waals surface area contributed by atoms with Crippen molar-refractivity contribution in [1.82, 2.24) is 0 Å². The van der Waals surface area contributed by atoms with Gasteiger partial charge in [0.2, 0.25) is 0 Å². The van der Waals surface area contributed by atoms with Gasteiger partial charge in [0.25, 0.3) is 11.6 Å². The number of benzene rings is 2. The molecule has 8 heteroatoms. The summed E-state index contributed by atoms with van der Waals surface area (Å²) in [5.74, 6) is -0.973. The molecule has 0 unspecified atom stereocenters. The number of hydrogen-bond donors (Lipinski definition) is 1. The Labute approximate surface area is 142 Å². The SMILES string of the molecule is Cc1ccc([N+](=O)[O-])c(NC(=O)COc2ccc(F)cc2Cl)c1C. The number of halogens is 2. The summed E-state index contributed by atoms with van der Waals surface area (Å²) in [6.07, 6.45) is 0. The smallest absolute Gasteiger partial charge is 0.293 e. The molecule has 126 valence electrons. The van der Waals surface area contributed by atoms with Crippen molar-refractivity contribution >= 4 is 28.9 Å². The summed E-state index contributed by atoms with van der Waals surface area (Å²) in [5.41, 5.74) is 1.32. The van der Waals surface area contributed by atoms with Crippen LogP contribution in [0, 0.1) is 29.8 Å². The van der Waals surface area contributed by atoms with Crippen LogP contribution in [0.4, 0.5) is 15.8 Å². The first kappa shape index (κ1) is 17.7. The van der Waals surface area contributed by atoms with Crippen LogP contribution in [0.15, 0.2) is 30.3 Å². The number of nitrogens with zero attached hydrogens (tertiary/aromatic N) is 1. The summed E-state index contributed by atoms with van der Waals surface area (Å²) < 4.78 is 18.2. The highest BCUT2D eigenvalue weighted by molar-refractivity contribution is 6.32. The van der Waals surface area contributed by atoms with Gasteiger partial charge in [-0.2, -0.15) is 0 Å². The minimum Gasteiger partial charge on any atom is -0.482 e. The van der Waals surface area contributed by atoms with Crippen LogP contribution in [0.25, 0.3) is 0 Å². The first-order valence-corrected chi connectivity index (χ1v) is 7.29. The topological polar surface area (TPSA) is 81.5 Å². The zero-order chi connectivity index (χ0) is 17.9. The van der Waals surface area contributed by atoms with E-state index in [1.165, 1.54) is 12.1 Å². The number of nitro benzene ring substituents is 1. The molecule has 1 N–H and O–H groups in total. The Morgan fingerprint density at radius 2 is 2.04 bits per heavy atom. The van der Waals surface area contributed by atoms with Gasteiger partial charge in [0.1, 0.15) is 17.3 Å². The minimum atomic E-state index is -0.591. The summed E-state index contributed by atoms with van der Waals surface area (Å²) in [5, 5.41) is 13.6. The molecule has 2 aromatic rings. The van der Waals surface area contributed by atoms with Gasteiger partial charge in [0.15, 0.2) is 6.61 Å². The number of hydrogen-bond acceptors (Lipinski definition) is 4. The number of nitro groups is 1. The van der Waals surface area contributed by atoms with Gasteiger partial charge < -0.3 is 10.1 Å². The summed E-state index contributed by atoms with van der Waals surface area (Å²) in [4.78, 5) is 22.5. The average Bonchev–Trinajstić information content (AvgIpc) is 2.50. The van der Waals surface area contributed by atoms with Crippen molar-refractivity contribution in [3.63, 3.8) is 0 Å². The molecule has 0 aliphatic heterocycles. The number of rotatable bonds is 5. The van der Waals surface area contributed by atoms with Gasteiger partial charge >= 0.3 is 0 Å². The van der Waals surface area contributed by atoms with Crippen molar-refractivity contribution in [3.8, 4) is 5.75 Å². The molecule has 0 saturated heterocycles. The predicted octanol–water partition coefficient (Wildman–Crippen LogP) is 4.02. The van der Waals surface area contributed by atoms with Gasteiger partial charge in [-0.25, -0.2) is 4.39 Å². The van der Waals surface area contributed by atoms with E-state index in [-0.39, 0.29) is 22.1 Å². The van der Waals surface area contributed by atoms with Crippen molar-refractivity contribution in [3.05, 3.63) is 62.4 Å². The summed E-state index contributed by atoms with van der Waals surface area (Å²) in [7, 11) is 0. The molecule has 0 aliphatic carbocycles. The van der Waals surface area contributed by atoms with Crippen LogP contribution in [0.1, 0.15) is 11.1 Å². The van der Waals surface area contributed by atoms with Gasteiger partial charge in [0.05, 0.1) is 9.95 Å². The van der Waals surface area contributed by atoms with Crippen LogP contribution in [0.5, 0.6) is 5.75 Å². The Balaban J connectivity index is 2.13. The Bertz CT molecular complexity index is 811. The Morgan fingerprint density at radius 3 is 2.67 bits per heavy atom. The van der Waals surface area contributed by atoms with E-state index in [1.54, 1.807) is 19.9 Å². The van der Waals surface area contributed by atoms with Crippen LogP contribution < -0.4 is 10.1 Å². The zero-order valence-corrected chi connectivity index (χ0v) is 13.7. The van der Waals surface area contributed by atoms with E-state index in [4.69, 9.17) is 16.3 Å². The van der Waals surface area contributed by atoms with Crippen LogP contribution in [-0.4, -0.2) is 17.4 Å². The molecule has 2 rings (SSSR count). The maximum absolute atomic E-state index is 13.0. The lowest BCUT2D eigenvalue weighted by Crippen LogP contribution is -2.21. The molecule has 0 atom stereocenters. The van der Waals surface area contributed by atoms with Crippen molar-refractivity contribution in [2.75, 3.05) is 11.9 Å². The number of amides is 1. The van der Waals surface area contributed by atoms with Gasteiger partial charge in [-0.1, -0.05) is 17.7 Å². The summed E-state index contributed by atoms with van der Waals surface area (Å²) in [6.45, 7) is 3.04. The van der Waals surface area contributed by atoms with E-state index >= 15 is 0 Å². The van der Waals surface area contributed by atoms with Crippen molar-refractivity contribution in [1.29, 1.82) is 0 Å². The number of carbonyl (C=O) groups excluding carboxylic acids is 1. The van der Waals surface area contributed by atoms with E-state index in [0.29, 0.717) is 5.56 Å². The summed E-state index contributed by atoms with van der Waals surface area (Å²) >= 11 is 5.80. The standard InChI is InChI=1S/C16H14ClFN2O4/c1-9-3-5-13(20(22)23)16(10(9)2)19-15(21)8-24-14-6-4-11(18)7-12(14)17/h3-7H,8H2,1-2H3,(H,19,21). The highest BCUT2D eigenvalue weighted by atomic mass is 35.5. The van der Waals surface area contributed by atoms with Crippen LogP contribution in [0.2, 0.25) is 5.02 Å². The van der Waals surface area contributed by atoms with E-state index in [2.05, 4.69) is 5.32 Å². The molecule has 0 fully saturated rings. The number of carbonyl (C=O) groups is 1. The van der Waals surface area contributed by atoms with Gasteiger partial charge in [-0.05, 0) is 43.2 Å². The van der Waals surface area contributed by atoms with Crippen LogP contribution in [0.3, 0.4) is 0 Å². The first-order chi connectivity index (χ1) is 11.3. The van der Waals surface area contributed by atoms with E-state index in [1.807, 2.05) is 0 Å². The molecule has 1 amide bonds. The molecule has 0 saturated carbocycles. The highest BCUT2D eigenvalue weighted by Crippen LogP contribution is 2.30. The fourth-order valence-corrected chi connectivity index (χ4v) is 2.24.